The molecule has 0 spiro atoms. The summed E-state index contributed by atoms with van der Waals surface area (Å²) in [5.74, 6) is -0.353. The monoisotopic (exact) mass is 310 g/mol. The number of aromatic carboxylic acids is 1. The molecule has 23 heavy (non-hydrogen) atoms. The van der Waals surface area contributed by atoms with E-state index in [0.717, 1.165) is 0 Å². The summed E-state index contributed by atoms with van der Waals surface area (Å²) in [6.07, 6.45) is 1.52. The molecule has 7 heteroatoms. The molecule has 3 aromatic rings. The lowest BCUT2D eigenvalue weighted by Gasteiger charge is -2.07. The van der Waals surface area contributed by atoms with Crippen molar-refractivity contribution < 1.29 is 14.6 Å². The summed E-state index contributed by atoms with van der Waals surface area (Å²) in [6.45, 7) is 0. The van der Waals surface area contributed by atoms with E-state index >= 15 is 0 Å². The number of para-hydroxylation sites is 1. The Labute approximate surface area is 131 Å². The highest BCUT2D eigenvalue weighted by molar-refractivity contribution is 5.97. The van der Waals surface area contributed by atoms with E-state index in [-0.39, 0.29) is 11.5 Å². The van der Waals surface area contributed by atoms with E-state index < -0.39 is 5.97 Å². The molecule has 0 amide bonds. The maximum Gasteiger partial charge on any atom is 0.337 e. The predicted molar refractivity (Wildman–Crippen MR) is 85.2 cm³/mol. The number of aromatic amines is 1. The SMILES string of the molecule is COc1ccccc1-c1[nH]c(-c2ccnc(N)n2)cc1C(=O)O. The summed E-state index contributed by atoms with van der Waals surface area (Å²) in [5, 5.41) is 9.49. The highest BCUT2D eigenvalue weighted by Crippen LogP contribution is 2.34. The van der Waals surface area contributed by atoms with Gasteiger partial charge in [0.25, 0.3) is 0 Å². The molecule has 0 aliphatic carbocycles. The molecule has 3 rings (SSSR count). The van der Waals surface area contributed by atoms with Crippen molar-refractivity contribution >= 4 is 11.9 Å². The number of benzene rings is 1. The van der Waals surface area contributed by atoms with Gasteiger partial charge in [0.15, 0.2) is 0 Å². The first kappa shape index (κ1) is 14.6. The third-order valence-electron chi connectivity index (χ3n) is 3.37. The zero-order valence-electron chi connectivity index (χ0n) is 12.3. The largest absolute Gasteiger partial charge is 0.496 e. The molecule has 0 unspecified atom stereocenters. The molecule has 0 fully saturated rings. The van der Waals surface area contributed by atoms with Crippen LogP contribution in [0.1, 0.15) is 10.4 Å². The first-order valence-electron chi connectivity index (χ1n) is 6.78. The third kappa shape index (κ3) is 2.71. The number of aromatic nitrogens is 3. The number of H-pyrrole nitrogens is 1. The Morgan fingerprint density at radius 1 is 1.30 bits per heavy atom. The maximum absolute atomic E-state index is 11.6. The number of anilines is 1. The molecule has 0 radical (unpaired) electrons. The average molecular weight is 310 g/mol. The molecule has 1 aromatic carbocycles. The number of carboxylic acids is 1. The van der Waals surface area contributed by atoms with Gasteiger partial charge in [-0.15, -0.1) is 0 Å². The fraction of sp³-hybridized carbons (Fsp3) is 0.0625. The minimum Gasteiger partial charge on any atom is -0.496 e. The van der Waals surface area contributed by atoms with E-state index in [1.54, 1.807) is 18.2 Å². The summed E-state index contributed by atoms with van der Waals surface area (Å²) in [5.41, 5.74) is 7.87. The van der Waals surface area contributed by atoms with Crippen molar-refractivity contribution in [3.8, 4) is 28.4 Å². The van der Waals surface area contributed by atoms with Crippen LogP contribution in [0.4, 0.5) is 5.95 Å². The molecule has 4 N–H and O–H groups in total. The fourth-order valence-electron chi connectivity index (χ4n) is 2.35. The van der Waals surface area contributed by atoms with Crippen molar-refractivity contribution in [2.45, 2.75) is 0 Å². The minimum atomic E-state index is -1.05. The highest BCUT2D eigenvalue weighted by Gasteiger charge is 2.19. The van der Waals surface area contributed by atoms with Gasteiger partial charge in [-0.05, 0) is 24.3 Å². The molecule has 7 nitrogen and oxygen atoms in total. The number of nitrogen functional groups attached to an aromatic ring is 1. The van der Waals surface area contributed by atoms with Crippen LogP contribution in [0.2, 0.25) is 0 Å². The number of carboxylic acid groups (broad SMARTS) is 1. The summed E-state index contributed by atoms with van der Waals surface area (Å²) < 4.78 is 5.31. The molecule has 0 saturated carbocycles. The normalized spacial score (nSPS) is 10.5. The van der Waals surface area contributed by atoms with E-state index in [1.165, 1.54) is 19.4 Å². The molecule has 0 aliphatic heterocycles. The van der Waals surface area contributed by atoms with E-state index in [1.807, 2.05) is 12.1 Å². The number of nitrogens with two attached hydrogens (primary N) is 1. The van der Waals surface area contributed by atoms with Crippen molar-refractivity contribution in [3.63, 3.8) is 0 Å². The van der Waals surface area contributed by atoms with Gasteiger partial charge >= 0.3 is 5.97 Å². The van der Waals surface area contributed by atoms with Crippen LogP contribution in [0.3, 0.4) is 0 Å². The zero-order chi connectivity index (χ0) is 16.4. The van der Waals surface area contributed by atoms with Crippen LogP contribution in [0.25, 0.3) is 22.6 Å². The van der Waals surface area contributed by atoms with Gasteiger partial charge in [-0.2, -0.15) is 0 Å². The summed E-state index contributed by atoms with van der Waals surface area (Å²) in [4.78, 5) is 22.6. The van der Waals surface area contributed by atoms with Gasteiger partial charge < -0.3 is 20.6 Å². The standard InChI is InChI=1S/C16H14N4O3/c1-23-13-5-3-2-4-9(13)14-10(15(21)22)8-12(19-14)11-6-7-18-16(17)20-11/h2-8,19H,1H3,(H,21,22)(H2,17,18,20). The lowest BCUT2D eigenvalue weighted by Crippen LogP contribution is -1.97. The number of hydrogen-bond donors (Lipinski definition) is 3. The Balaban J connectivity index is 2.19. The van der Waals surface area contributed by atoms with E-state index in [9.17, 15) is 9.90 Å². The minimum absolute atomic E-state index is 0.118. The lowest BCUT2D eigenvalue weighted by atomic mass is 10.1. The quantitative estimate of drug-likeness (QED) is 0.682. The Bertz CT molecular complexity index is 873. The lowest BCUT2D eigenvalue weighted by molar-refractivity contribution is 0.0698. The summed E-state index contributed by atoms with van der Waals surface area (Å²) in [7, 11) is 1.54. The van der Waals surface area contributed by atoms with Gasteiger partial charge in [-0.3, -0.25) is 0 Å². The van der Waals surface area contributed by atoms with Crippen LogP contribution in [-0.2, 0) is 0 Å². The first-order chi connectivity index (χ1) is 11.1. The van der Waals surface area contributed by atoms with E-state index in [4.69, 9.17) is 10.5 Å². The van der Waals surface area contributed by atoms with E-state index in [2.05, 4.69) is 15.0 Å². The van der Waals surface area contributed by atoms with Gasteiger partial charge in [-0.1, -0.05) is 12.1 Å². The number of hydrogen-bond acceptors (Lipinski definition) is 5. The fourth-order valence-corrected chi connectivity index (χ4v) is 2.35. The third-order valence-corrected chi connectivity index (χ3v) is 3.37. The van der Waals surface area contributed by atoms with Crippen LogP contribution in [0.15, 0.2) is 42.6 Å². The summed E-state index contributed by atoms with van der Waals surface area (Å²) >= 11 is 0. The number of nitrogens with zero attached hydrogens (tertiary/aromatic N) is 2. The Morgan fingerprint density at radius 2 is 2.09 bits per heavy atom. The van der Waals surface area contributed by atoms with Crippen molar-refractivity contribution in [3.05, 3.63) is 48.2 Å². The summed E-state index contributed by atoms with van der Waals surface area (Å²) in [6, 6.07) is 10.4. The Hall–Kier alpha value is -3.35. The Morgan fingerprint density at radius 3 is 2.78 bits per heavy atom. The number of methoxy groups -OCH3 is 1. The molecule has 116 valence electrons. The second kappa shape index (κ2) is 5.80. The Kier molecular flexibility index (Phi) is 3.68. The number of ether oxygens (including phenoxy) is 1. The molecule has 2 heterocycles. The second-order valence-electron chi connectivity index (χ2n) is 4.78. The highest BCUT2D eigenvalue weighted by atomic mass is 16.5. The van der Waals surface area contributed by atoms with Gasteiger partial charge in [0.2, 0.25) is 5.95 Å². The second-order valence-corrected chi connectivity index (χ2v) is 4.78. The van der Waals surface area contributed by atoms with Crippen LogP contribution >= 0.6 is 0 Å². The molecule has 2 aromatic heterocycles. The van der Waals surface area contributed by atoms with Crippen molar-refractivity contribution in [2.75, 3.05) is 12.8 Å². The predicted octanol–water partition coefficient (Wildman–Crippen LogP) is 2.43. The van der Waals surface area contributed by atoms with Gasteiger partial charge in [-0.25, -0.2) is 14.8 Å². The van der Waals surface area contributed by atoms with Crippen molar-refractivity contribution in [2.24, 2.45) is 0 Å². The molecular formula is C16H14N4O3. The molecular weight excluding hydrogens is 296 g/mol. The molecule has 0 saturated heterocycles. The first-order valence-corrected chi connectivity index (χ1v) is 6.78. The van der Waals surface area contributed by atoms with Crippen LogP contribution in [0.5, 0.6) is 5.75 Å². The maximum atomic E-state index is 11.6. The molecule has 0 atom stereocenters. The van der Waals surface area contributed by atoms with Crippen LogP contribution in [-0.4, -0.2) is 33.1 Å². The van der Waals surface area contributed by atoms with Crippen LogP contribution in [0, 0.1) is 0 Å². The molecule has 0 aliphatic rings. The van der Waals surface area contributed by atoms with Gasteiger partial charge in [0.1, 0.15) is 5.75 Å². The van der Waals surface area contributed by atoms with Crippen molar-refractivity contribution in [1.29, 1.82) is 0 Å². The van der Waals surface area contributed by atoms with E-state index in [0.29, 0.717) is 28.4 Å². The smallest absolute Gasteiger partial charge is 0.337 e. The number of carbonyl (C=O) groups is 1. The number of nitrogens with one attached hydrogen (secondary N) is 1. The van der Waals surface area contributed by atoms with Crippen molar-refractivity contribution in [1.82, 2.24) is 15.0 Å². The van der Waals surface area contributed by atoms with Crippen LogP contribution < -0.4 is 10.5 Å². The number of rotatable bonds is 4. The molecule has 0 bridgehead atoms. The topological polar surface area (TPSA) is 114 Å². The average Bonchev–Trinajstić information content (AvgIpc) is 3.00. The van der Waals surface area contributed by atoms with Gasteiger partial charge in [0.05, 0.1) is 29.8 Å². The van der Waals surface area contributed by atoms with Gasteiger partial charge in [0, 0.05) is 11.8 Å². The zero-order valence-corrected chi connectivity index (χ0v) is 12.3.